The van der Waals surface area contributed by atoms with Crippen LogP contribution in [0.2, 0.25) is 0 Å². The minimum Gasteiger partial charge on any atom is -0.457 e. The molecule has 0 amide bonds. The zero-order valence-electron chi connectivity index (χ0n) is 46.2. The predicted octanol–water partition coefficient (Wildman–Crippen LogP) is 19.5. The lowest BCUT2D eigenvalue weighted by Crippen LogP contribution is -2.28. The Labute approximate surface area is 469 Å². The first-order valence-corrected chi connectivity index (χ1v) is 28.0. The van der Waals surface area contributed by atoms with Gasteiger partial charge < -0.3 is 14.5 Å². The van der Waals surface area contributed by atoms with Crippen molar-refractivity contribution in [3.8, 4) is 50.7 Å². The fourth-order valence-corrected chi connectivity index (χ4v) is 12.9. The van der Waals surface area contributed by atoms with Crippen LogP contribution in [0.25, 0.3) is 61.0 Å². The molecule has 3 heterocycles. The Morgan fingerprint density at radius 2 is 1.01 bits per heavy atom. The molecule has 12 aromatic rings. The topological polar surface area (TPSA) is 33.5 Å². The second-order valence-electron chi connectivity index (χ2n) is 23.6. The molecule has 0 N–H and O–H groups in total. The minimum atomic E-state index is -0.568. The van der Waals surface area contributed by atoms with E-state index in [0.717, 1.165) is 61.9 Å². The van der Waals surface area contributed by atoms with Gasteiger partial charge in [-0.3, -0.25) is 4.57 Å². The number of hydrogen-bond acceptors (Lipinski definition) is 4. The first-order chi connectivity index (χ1) is 38.9. The molecule has 5 nitrogen and oxygen atoms in total. The van der Waals surface area contributed by atoms with E-state index in [0.29, 0.717) is 6.67 Å². The number of ether oxygens (including phenoxy) is 1. The average Bonchev–Trinajstić information content (AvgIpc) is 4.33. The third-order valence-corrected chi connectivity index (χ3v) is 16.7. The molecule has 80 heavy (non-hydrogen) atoms. The van der Waals surface area contributed by atoms with Gasteiger partial charge in [-0.1, -0.05) is 217 Å². The van der Waals surface area contributed by atoms with E-state index in [2.05, 4.69) is 305 Å². The Morgan fingerprint density at radius 1 is 0.438 bits per heavy atom. The van der Waals surface area contributed by atoms with Crippen LogP contribution in [0.15, 0.2) is 255 Å². The van der Waals surface area contributed by atoms with Crippen molar-refractivity contribution in [2.24, 2.45) is 0 Å². The maximum Gasteiger partial charge on any atom is 0.137 e. The second-order valence-corrected chi connectivity index (χ2v) is 23.6. The average molecular weight is 1040 g/mol. The smallest absolute Gasteiger partial charge is 0.137 e. The molecule has 1 aliphatic carbocycles. The van der Waals surface area contributed by atoms with Gasteiger partial charge in [-0.05, 0) is 122 Å². The zero-order chi connectivity index (χ0) is 54.3. The maximum absolute atomic E-state index is 7.31. The number of rotatable bonds is 9. The fourth-order valence-electron chi connectivity index (χ4n) is 12.9. The van der Waals surface area contributed by atoms with E-state index in [1.54, 1.807) is 0 Å². The van der Waals surface area contributed by atoms with Crippen molar-refractivity contribution in [2.45, 2.75) is 57.8 Å². The van der Waals surface area contributed by atoms with Crippen molar-refractivity contribution in [1.82, 2.24) is 9.55 Å². The van der Waals surface area contributed by atoms with E-state index in [9.17, 15) is 0 Å². The van der Waals surface area contributed by atoms with Crippen LogP contribution in [0.3, 0.4) is 0 Å². The normalized spacial score (nSPS) is 13.6. The molecule has 0 saturated carbocycles. The Morgan fingerprint density at radius 3 is 1.65 bits per heavy atom. The largest absolute Gasteiger partial charge is 0.457 e. The molecule has 388 valence electrons. The lowest BCUT2D eigenvalue weighted by molar-refractivity contribution is 0.456. The van der Waals surface area contributed by atoms with Crippen molar-refractivity contribution < 1.29 is 4.74 Å². The zero-order valence-corrected chi connectivity index (χ0v) is 46.2. The van der Waals surface area contributed by atoms with Crippen LogP contribution in [0.5, 0.6) is 11.5 Å². The molecule has 0 atom stereocenters. The van der Waals surface area contributed by atoms with Gasteiger partial charge in [-0.25, -0.2) is 4.98 Å². The Kier molecular flexibility index (Phi) is 11.5. The van der Waals surface area contributed by atoms with Crippen LogP contribution in [0.4, 0.5) is 22.7 Å². The number of aromatic nitrogens is 2. The Hall–Kier alpha value is -9.45. The van der Waals surface area contributed by atoms with Crippen LogP contribution >= 0.6 is 0 Å². The Balaban J connectivity index is 0.895. The van der Waals surface area contributed by atoms with Gasteiger partial charge in [0.05, 0.1) is 33.5 Å². The number of pyridine rings is 1. The molecule has 1 aliphatic heterocycles. The third-order valence-electron chi connectivity index (χ3n) is 16.7. The summed E-state index contributed by atoms with van der Waals surface area (Å²) in [6, 6.07) is 90.8. The number of benzene rings is 10. The fraction of sp³-hybridized carbons (Fsp3) is 0.133. The van der Waals surface area contributed by atoms with Gasteiger partial charge in [0.2, 0.25) is 0 Å². The Bertz CT molecular complexity index is 4230. The minimum absolute atomic E-state index is 0.0705. The molecular formula is C75H62N4O. The lowest BCUT2D eigenvalue weighted by Gasteiger charge is -2.34. The number of para-hydroxylation sites is 3. The summed E-state index contributed by atoms with van der Waals surface area (Å²) < 4.78 is 9.65. The van der Waals surface area contributed by atoms with E-state index in [1.165, 1.54) is 66.7 Å². The van der Waals surface area contributed by atoms with Crippen molar-refractivity contribution >= 4 is 44.6 Å². The number of hydrogen-bond donors (Lipinski definition) is 0. The van der Waals surface area contributed by atoms with Gasteiger partial charge >= 0.3 is 0 Å². The van der Waals surface area contributed by atoms with E-state index in [1.807, 2.05) is 6.20 Å². The van der Waals surface area contributed by atoms with Crippen LogP contribution in [-0.2, 0) is 16.2 Å². The number of nitrogens with zero attached hydrogens (tertiary/aromatic N) is 4. The van der Waals surface area contributed by atoms with E-state index < -0.39 is 5.41 Å². The quantitative estimate of drug-likeness (QED) is 0.144. The molecular weight excluding hydrogens is 973 g/mol. The number of anilines is 4. The summed E-state index contributed by atoms with van der Waals surface area (Å²) in [7, 11) is 0. The van der Waals surface area contributed by atoms with Crippen molar-refractivity contribution in [3.63, 3.8) is 0 Å². The molecule has 10 aromatic carbocycles. The van der Waals surface area contributed by atoms with Gasteiger partial charge in [-0.15, -0.1) is 0 Å². The first kappa shape index (κ1) is 48.9. The van der Waals surface area contributed by atoms with Crippen LogP contribution in [-0.4, -0.2) is 16.2 Å². The van der Waals surface area contributed by atoms with E-state index >= 15 is 0 Å². The van der Waals surface area contributed by atoms with Gasteiger partial charge in [-0.2, -0.15) is 0 Å². The molecule has 0 saturated heterocycles. The second kappa shape index (κ2) is 18.9. The van der Waals surface area contributed by atoms with Gasteiger partial charge in [0.1, 0.15) is 24.0 Å². The summed E-state index contributed by atoms with van der Waals surface area (Å²) in [5, 5.41) is 2.32. The highest BCUT2D eigenvalue weighted by Crippen LogP contribution is 2.57. The highest BCUT2D eigenvalue weighted by molar-refractivity contribution is 6.10. The summed E-state index contributed by atoms with van der Waals surface area (Å²) in [4.78, 5) is 10.2. The van der Waals surface area contributed by atoms with Gasteiger partial charge in [0.25, 0.3) is 0 Å². The van der Waals surface area contributed by atoms with Crippen molar-refractivity contribution in [3.05, 3.63) is 288 Å². The molecule has 0 unspecified atom stereocenters. The standard InChI is InChI=1S/C75H62N4O/c1-73(2,3)54-43-60(50-25-10-7-11-26-50)72(61(44-54)51-27-12-8-13-28-51)78-49-77(67-39-22-23-40-68(67)78)55-31-24-32-56(46-55)80-70-48-69-62(47-65(70)74(4,5)6)59-35-18-21-38-66(59)79(69)71-45-53(41-42-76-71)75(52-29-14-9-15-30-52)63-36-19-16-33-57(63)58-34-17-20-37-64(58)75/h7-48H,49H2,1-6H3. The molecule has 0 fully saturated rings. The molecule has 2 aromatic heterocycles. The van der Waals surface area contributed by atoms with Gasteiger partial charge in [0, 0.05) is 51.5 Å². The molecule has 0 spiro atoms. The predicted molar refractivity (Wildman–Crippen MR) is 333 cm³/mol. The monoisotopic (exact) mass is 1030 g/mol. The number of fused-ring (bicyclic) bond motifs is 7. The first-order valence-electron chi connectivity index (χ1n) is 28.0. The summed E-state index contributed by atoms with van der Waals surface area (Å²) >= 11 is 0. The highest BCUT2D eigenvalue weighted by atomic mass is 16.5. The lowest BCUT2D eigenvalue weighted by atomic mass is 9.68. The van der Waals surface area contributed by atoms with E-state index in [-0.39, 0.29) is 10.8 Å². The highest BCUT2D eigenvalue weighted by Gasteiger charge is 2.46. The van der Waals surface area contributed by atoms with Crippen molar-refractivity contribution in [2.75, 3.05) is 16.5 Å². The molecule has 5 heteroatoms. The summed E-state index contributed by atoms with van der Waals surface area (Å²) in [5.41, 5.74) is 20.4. The van der Waals surface area contributed by atoms with Crippen LogP contribution < -0.4 is 14.5 Å². The summed E-state index contributed by atoms with van der Waals surface area (Å²) in [5.74, 6) is 2.42. The maximum atomic E-state index is 7.31. The van der Waals surface area contributed by atoms with Crippen LogP contribution in [0.1, 0.15) is 74.9 Å². The summed E-state index contributed by atoms with van der Waals surface area (Å²) in [6.07, 6.45) is 2.00. The van der Waals surface area contributed by atoms with Crippen molar-refractivity contribution in [1.29, 1.82) is 0 Å². The molecule has 14 rings (SSSR count). The SMILES string of the molecule is CC(C)(C)c1cc(-c2ccccc2)c(N2CN(c3cccc(Oc4cc5c(cc4C(C)(C)C)c4ccccc4n5-c4cc(C5(c6ccccc6)c6ccccc6-c6ccccc65)ccn4)c3)c3ccccc32)c(-c2ccccc2)c1. The third kappa shape index (κ3) is 7.93. The molecule has 0 radical (unpaired) electrons. The molecule has 2 aliphatic rings. The molecule has 0 bridgehead atoms. The van der Waals surface area contributed by atoms with E-state index in [4.69, 9.17) is 9.72 Å². The summed E-state index contributed by atoms with van der Waals surface area (Å²) in [6.45, 7) is 14.4. The van der Waals surface area contributed by atoms with Gasteiger partial charge in [0.15, 0.2) is 0 Å². The van der Waals surface area contributed by atoms with Crippen LogP contribution in [0, 0.1) is 0 Å².